The first kappa shape index (κ1) is 20.9. The number of amides is 1. The van der Waals surface area contributed by atoms with E-state index in [1.54, 1.807) is 24.3 Å². The Morgan fingerprint density at radius 3 is 2.15 bits per heavy atom. The summed E-state index contributed by atoms with van der Waals surface area (Å²) in [6, 6.07) is 15.2. The Kier molecular flexibility index (Phi) is 6.98. The Hall–Kier alpha value is -2.38. The Morgan fingerprint density at radius 1 is 1.07 bits per heavy atom. The van der Waals surface area contributed by atoms with E-state index >= 15 is 0 Å². The molecule has 2 atom stereocenters. The molecule has 0 aromatic heterocycles. The monoisotopic (exact) mass is 381 g/mol. The van der Waals surface area contributed by atoms with E-state index in [0.29, 0.717) is 0 Å². The largest absolute Gasteiger partial charge is 0.396 e. The summed E-state index contributed by atoms with van der Waals surface area (Å²) in [5.41, 5.74) is -2.49. The van der Waals surface area contributed by atoms with E-state index < -0.39 is 30.1 Å². The third-order valence-electron chi connectivity index (χ3n) is 4.29. The molecule has 4 nitrogen and oxygen atoms in total. The summed E-state index contributed by atoms with van der Waals surface area (Å²) in [5, 5.41) is 13.3. The summed E-state index contributed by atoms with van der Waals surface area (Å²) < 4.78 is 46.3. The molecule has 2 aromatic carbocycles. The predicted molar refractivity (Wildman–Crippen MR) is 94.9 cm³/mol. The molecule has 27 heavy (non-hydrogen) atoms. The molecule has 0 saturated heterocycles. The number of carbonyl (C=O) groups excluding carboxylic acids is 1. The first-order valence-electron chi connectivity index (χ1n) is 8.50. The van der Waals surface area contributed by atoms with Crippen LogP contribution in [0.3, 0.4) is 0 Å². The lowest BCUT2D eigenvalue weighted by Gasteiger charge is -2.38. The van der Waals surface area contributed by atoms with Crippen LogP contribution in [0.15, 0.2) is 60.7 Å². The van der Waals surface area contributed by atoms with Gasteiger partial charge in [-0.25, -0.2) is 0 Å². The van der Waals surface area contributed by atoms with Crippen molar-refractivity contribution in [2.45, 2.75) is 24.7 Å². The molecular formula is C20H22F3NO3. The Balaban J connectivity index is 2.43. The van der Waals surface area contributed by atoms with Gasteiger partial charge in [0.2, 0.25) is 0 Å². The number of rotatable bonds is 8. The minimum atomic E-state index is -4.73. The number of ether oxygens (including phenoxy) is 1. The highest BCUT2D eigenvalue weighted by atomic mass is 19.4. The molecule has 2 aromatic rings. The van der Waals surface area contributed by atoms with E-state index in [1.807, 2.05) is 0 Å². The van der Waals surface area contributed by atoms with Gasteiger partial charge in [-0.3, -0.25) is 4.79 Å². The van der Waals surface area contributed by atoms with Gasteiger partial charge in [0.15, 0.2) is 5.72 Å². The lowest BCUT2D eigenvalue weighted by molar-refractivity contribution is -0.238. The van der Waals surface area contributed by atoms with Crippen LogP contribution in [0.1, 0.15) is 28.8 Å². The van der Waals surface area contributed by atoms with E-state index in [2.05, 4.69) is 5.32 Å². The van der Waals surface area contributed by atoms with E-state index in [1.165, 1.54) is 43.5 Å². The van der Waals surface area contributed by atoms with E-state index in [0.717, 1.165) is 0 Å². The van der Waals surface area contributed by atoms with Gasteiger partial charge in [-0.05, 0) is 25.0 Å². The van der Waals surface area contributed by atoms with E-state index in [4.69, 9.17) is 4.74 Å². The molecule has 7 heteroatoms. The third kappa shape index (κ3) is 5.30. The maximum absolute atomic E-state index is 13.8. The SMILES string of the molecule is COCCCC(C(F)(F)F)C(O)(NC(=O)c1ccccc1)c1ccccc1. The van der Waals surface area contributed by atoms with Crippen LogP contribution in [-0.2, 0) is 10.5 Å². The van der Waals surface area contributed by atoms with Crippen molar-refractivity contribution in [3.05, 3.63) is 71.8 Å². The minimum Gasteiger partial charge on any atom is -0.385 e. The molecule has 0 radical (unpaired) electrons. The molecule has 0 saturated carbocycles. The first-order valence-corrected chi connectivity index (χ1v) is 8.50. The van der Waals surface area contributed by atoms with Crippen LogP contribution in [-0.4, -0.2) is 30.9 Å². The van der Waals surface area contributed by atoms with Crippen molar-refractivity contribution >= 4 is 5.91 Å². The van der Waals surface area contributed by atoms with Gasteiger partial charge in [-0.2, -0.15) is 13.2 Å². The van der Waals surface area contributed by atoms with Gasteiger partial charge < -0.3 is 15.2 Å². The number of alkyl halides is 3. The lowest BCUT2D eigenvalue weighted by Crippen LogP contribution is -2.55. The zero-order chi connectivity index (χ0) is 19.9. The van der Waals surface area contributed by atoms with Crippen LogP contribution in [0.4, 0.5) is 13.2 Å². The summed E-state index contributed by atoms with van der Waals surface area (Å²) >= 11 is 0. The van der Waals surface area contributed by atoms with Gasteiger partial charge in [0.1, 0.15) is 5.92 Å². The molecular weight excluding hydrogens is 359 g/mol. The molecule has 146 valence electrons. The Bertz CT molecular complexity index is 722. The molecule has 0 spiro atoms. The normalized spacial score (nSPS) is 15.0. The molecule has 0 aliphatic carbocycles. The Labute approximate surface area is 156 Å². The standard InChI is InChI=1S/C20H22F3NO3/c1-27-14-8-13-17(20(21,22)23)19(26,16-11-6-3-7-12-16)24-18(25)15-9-4-2-5-10-15/h2-7,9-12,17,26H,8,13-14H2,1H3,(H,24,25). The van der Waals surface area contributed by atoms with Gasteiger partial charge in [0.25, 0.3) is 5.91 Å². The predicted octanol–water partition coefficient (Wildman–Crippen LogP) is 3.87. The molecule has 2 rings (SSSR count). The summed E-state index contributed by atoms with van der Waals surface area (Å²) in [5.74, 6) is -2.99. The van der Waals surface area contributed by atoms with Crippen LogP contribution >= 0.6 is 0 Å². The number of carbonyl (C=O) groups is 1. The lowest BCUT2D eigenvalue weighted by atomic mass is 9.84. The molecule has 0 bridgehead atoms. The van der Waals surface area contributed by atoms with Crippen molar-refractivity contribution in [3.8, 4) is 0 Å². The number of halogens is 3. The highest BCUT2D eigenvalue weighted by molar-refractivity contribution is 5.94. The average molecular weight is 381 g/mol. The van der Waals surface area contributed by atoms with Crippen molar-refractivity contribution in [2.75, 3.05) is 13.7 Å². The summed E-state index contributed by atoms with van der Waals surface area (Å²) in [6.07, 6.45) is -5.06. The minimum absolute atomic E-state index is 0.0333. The number of hydrogen-bond acceptors (Lipinski definition) is 3. The molecule has 1 amide bonds. The number of nitrogens with one attached hydrogen (secondary N) is 1. The van der Waals surface area contributed by atoms with Crippen LogP contribution < -0.4 is 5.32 Å². The number of benzene rings is 2. The second-order valence-corrected chi connectivity index (χ2v) is 6.18. The average Bonchev–Trinajstić information content (AvgIpc) is 2.65. The van der Waals surface area contributed by atoms with Crippen LogP contribution in [0, 0.1) is 5.92 Å². The van der Waals surface area contributed by atoms with Crippen molar-refractivity contribution < 1.29 is 27.8 Å². The second kappa shape index (κ2) is 9.01. The molecule has 0 fully saturated rings. The first-order chi connectivity index (χ1) is 12.8. The zero-order valence-corrected chi connectivity index (χ0v) is 14.9. The molecule has 2 unspecified atom stereocenters. The summed E-state index contributed by atoms with van der Waals surface area (Å²) in [6.45, 7) is 0.115. The van der Waals surface area contributed by atoms with Crippen LogP contribution in [0.5, 0.6) is 0 Å². The number of hydrogen-bond donors (Lipinski definition) is 2. The van der Waals surface area contributed by atoms with Crippen LogP contribution in [0.25, 0.3) is 0 Å². The number of methoxy groups -OCH3 is 1. The maximum Gasteiger partial charge on any atom is 0.396 e. The van der Waals surface area contributed by atoms with Crippen LogP contribution in [0.2, 0.25) is 0 Å². The van der Waals surface area contributed by atoms with Gasteiger partial charge in [0.05, 0.1) is 0 Å². The third-order valence-corrected chi connectivity index (χ3v) is 4.29. The second-order valence-electron chi connectivity index (χ2n) is 6.18. The highest BCUT2D eigenvalue weighted by Gasteiger charge is 2.54. The number of aliphatic hydroxyl groups is 1. The molecule has 2 N–H and O–H groups in total. The fraction of sp³-hybridized carbons (Fsp3) is 0.350. The fourth-order valence-corrected chi connectivity index (χ4v) is 2.93. The van der Waals surface area contributed by atoms with E-state index in [9.17, 15) is 23.1 Å². The summed E-state index contributed by atoms with van der Waals surface area (Å²) in [7, 11) is 1.39. The maximum atomic E-state index is 13.8. The topological polar surface area (TPSA) is 58.6 Å². The Morgan fingerprint density at radius 2 is 1.63 bits per heavy atom. The van der Waals surface area contributed by atoms with Crippen molar-refractivity contribution in [1.29, 1.82) is 0 Å². The van der Waals surface area contributed by atoms with Crippen molar-refractivity contribution in [1.82, 2.24) is 5.32 Å². The fourth-order valence-electron chi connectivity index (χ4n) is 2.93. The van der Waals surface area contributed by atoms with Crippen molar-refractivity contribution in [3.63, 3.8) is 0 Å². The van der Waals surface area contributed by atoms with E-state index in [-0.39, 0.29) is 24.2 Å². The van der Waals surface area contributed by atoms with Gasteiger partial charge in [-0.15, -0.1) is 0 Å². The van der Waals surface area contributed by atoms with Gasteiger partial charge >= 0.3 is 6.18 Å². The van der Waals surface area contributed by atoms with Crippen molar-refractivity contribution in [2.24, 2.45) is 5.92 Å². The molecule has 0 aliphatic rings. The highest BCUT2D eigenvalue weighted by Crippen LogP contribution is 2.42. The molecule has 0 aliphatic heterocycles. The van der Waals surface area contributed by atoms with Gasteiger partial charge in [-0.1, -0.05) is 48.5 Å². The quantitative estimate of drug-likeness (QED) is 0.539. The van der Waals surface area contributed by atoms with Gasteiger partial charge in [0, 0.05) is 24.8 Å². The summed E-state index contributed by atoms with van der Waals surface area (Å²) in [4.78, 5) is 12.5. The smallest absolute Gasteiger partial charge is 0.385 e. The molecule has 0 heterocycles. The zero-order valence-electron chi connectivity index (χ0n) is 14.9.